The molecule has 2 nitrogen and oxygen atoms in total. The normalized spacial score (nSPS) is 15.2. The van der Waals surface area contributed by atoms with Gasteiger partial charge in [-0.3, -0.25) is 4.79 Å². The van der Waals surface area contributed by atoms with E-state index in [1.807, 2.05) is 0 Å². The van der Waals surface area contributed by atoms with Crippen molar-refractivity contribution in [3.63, 3.8) is 0 Å². The minimum atomic E-state index is -1.08. The second-order valence-electron chi connectivity index (χ2n) is 3.13. The lowest BCUT2D eigenvalue weighted by atomic mass is 9.88. The first-order valence-electron chi connectivity index (χ1n) is 2.91. The van der Waals surface area contributed by atoms with E-state index in [4.69, 9.17) is 5.11 Å². The van der Waals surface area contributed by atoms with E-state index in [1.165, 1.54) is 0 Å². The van der Waals surface area contributed by atoms with Crippen molar-refractivity contribution in [3.05, 3.63) is 6.92 Å². The topological polar surface area (TPSA) is 37.3 Å². The number of aliphatic hydroxyl groups excluding tert-OH is 1. The van der Waals surface area contributed by atoms with Gasteiger partial charge in [-0.2, -0.15) is 0 Å². The van der Waals surface area contributed by atoms with Crippen LogP contribution < -0.4 is 0 Å². The van der Waals surface area contributed by atoms with E-state index in [9.17, 15) is 4.79 Å². The fraction of sp³-hybridized carbons (Fsp3) is 0.714. The molecule has 53 valence electrons. The SMILES string of the molecule is [CH2]C(O)C(=O)C(C)(C)C. The number of carbonyl (C=O) groups excluding carboxylic acids is 1. The predicted molar refractivity (Wildman–Crippen MR) is 35.8 cm³/mol. The van der Waals surface area contributed by atoms with Gasteiger partial charge in [0.25, 0.3) is 0 Å². The summed E-state index contributed by atoms with van der Waals surface area (Å²) in [4.78, 5) is 10.9. The van der Waals surface area contributed by atoms with E-state index < -0.39 is 11.5 Å². The lowest BCUT2D eigenvalue weighted by molar-refractivity contribution is -0.132. The summed E-state index contributed by atoms with van der Waals surface area (Å²) in [6, 6.07) is 0. The number of rotatable bonds is 1. The van der Waals surface area contributed by atoms with Gasteiger partial charge in [-0.1, -0.05) is 20.8 Å². The summed E-state index contributed by atoms with van der Waals surface area (Å²) in [5, 5.41) is 8.70. The number of hydrogen-bond acceptors (Lipinski definition) is 2. The fourth-order valence-electron chi connectivity index (χ4n) is 0.500. The summed E-state index contributed by atoms with van der Waals surface area (Å²) in [6.45, 7) is 8.47. The number of ketones is 1. The highest BCUT2D eigenvalue weighted by atomic mass is 16.3. The van der Waals surface area contributed by atoms with Crippen molar-refractivity contribution in [3.8, 4) is 0 Å². The highest BCUT2D eigenvalue weighted by Gasteiger charge is 2.24. The summed E-state index contributed by atoms with van der Waals surface area (Å²) in [7, 11) is 0. The molecule has 0 bridgehead atoms. The Kier molecular flexibility index (Phi) is 2.38. The van der Waals surface area contributed by atoms with E-state index in [2.05, 4.69) is 6.92 Å². The molecule has 0 amide bonds. The lowest BCUT2D eigenvalue weighted by Crippen LogP contribution is -2.30. The van der Waals surface area contributed by atoms with Gasteiger partial charge in [-0.05, 0) is 6.92 Å². The molecule has 0 saturated heterocycles. The van der Waals surface area contributed by atoms with Crippen molar-refractivity contribution in [1.82, 2.24) is 0 Å². The molecule has 0 aromatic heterocycles. The Labute approximate surface area is 55.9 Å². The molecule has 2 heteroatoms. The third-order valence-electron chi connectivity index (χ3n) is 1.04. The molecule has 0 aliphatic rings. The van der Waals surface area contributed by atoms with Gasteiger partial charge in [0, 0.05) is 5.41 Å². The van der Waals surface area contributed by atoms with Gasteiger partial charge in [0.15, 0.2) is 5.78 Å². The van der Waals surface area contributed by atoms with Crippen LogP contribution in [0.1, 0.15) is 20.8 Å². The van der Waals surface area contributed by atoms with E-state index >= 15 is 0 Å². The van der Waals surface area contributed by atoms with Gasteiger partial charge < -0.3 is 5.11 Å². The van der Waals surface area contributed by atoms with Gasteiger partial charge in [0.2, 0.25) is 0 Å². The summed E-state index contributed by atoms with van der Waals surface area (Å²) in [5.74, 6) is -0.220. The molecule has 0 spiro atoms. The second-order valence-corrected chi connectivity index (χ2v) is 3.13. The average Bonchev–Trinajstić information content (AvgIpc) is 1.62. The van der Waals surface area contributed by atoms with Crippen LogP contribution in [0, 0.1) is 12.3 Å². The maximum atomic E-state index is 10.9. The molecule has 0 heterocycles. The fourth-order valence-corrected chi connectivity index (χ4v) is 0.500. The van der Waals surface area contributed by atoms with Gasteiger partial charge >= 0.3 is 0 Å². The monoisotopic (exact) mass is 129 g/mol. The van der Waals surface area contributed by atoms with Crippen molar-refractivity contribution >= 4 is 5.78 Å². The van der Waals surface area contributed by atoms with Crippen LogP contribution in [0.25, 0.3) is 0 Å². The predicted octanol–water partition coefficient (Wildman–Crippen LogP) is 0.797. The first-order chi connectivity index (χ1) is 3.85. The minimum absolute atomic E-state index is 0.220. The molecule has 1 atom stereocenters. The van der Waals surface area contributed by atoms with Crippen LogP contribution in [0.4, 0.5) is 0 Å². The Morgan fingerprint density at radius 1 is 1.56 bits per heavy atom. The summed E-state index contributed by atoms with van der Waals surface area (Å²) >= 11 is 0. The van der Waals surface area contributed by atoms with Crippen LogP contribution in [0.2, 0.25) is 0 Å². The van der Waals surface area contributed by atoms with E-state index in [0.717, 1.165) is 0 Å². The zero-order valence-electron chi connectivity index (χ0n) is 6.14. The molecule has 0 aromatic rings. The van der Waals surface area contributed by atoms with E-state index in [-0.39, 0.29) is 5.78 Å². The Bertz CT molecular complexity index is 109. The van der Waals surface area contributed by atoms with E-state index in [1.54, 1.807) is 20.8 Å². The van der Waals surface area contributed by atoms with Crippen molar-refractivity contribution in [2.45, 2.75) is 26.9 Å². The Morgan fingerprint density at radius 2 is 1.89 bits per heavy atom. The highest BCUT2D eigenvalue weighted by molar-refractivity contribution is 5.88. The van der Waals surface area contributed by atoms with Gasteiger partial charge in [-0.25, -0.2) is 0 Å². The zero-order chi connectivity index (χ0) is 7.65. The number of carbonyl (C=O) groups is 1. The number of Topliss-reactive ketones (excluding diaryl/α,β-unsaturated/α-hetero) is 1. The highest BCUT2D eigenvalue weighted by Crippen LogP contribution is 2.15. The molecule has 0 saturated carbocycles. The lowest BCUT2D eigenvalue weighted by Gasteiger charge is -2.17. The van der Waals surface area contributed by atoms with Crippen LogP contribution >= 0.6 is 0 Å². The van der Waals surface area contributed by atoms with Crippen molar-refractivity contribution in [2.75, 3.05) is 0 Å². The van der Waals surface area contributed by atoms with Crippen LogP contribution in [-0.4, -0.2) is 17.0 Å². The standard InChI is InChI=1S/C7H13O2/c1-5(8)6(9)7(2,3)4/h5,8H,1H2,2-4H3. The molecule has 0 rings (SSSR count). The third kappa shape index (κ3) is 2.61. The zero-order valence-corrected chi connectivity index (χ0v) is 6.14. The third-order valence-corrected chi connectivity index (χ3v) is 1.04. The largest absolute Gasteiger partial charge is 0.385 e. The quantitative estimate of drug-likeness (QED) is 0.568. The molecule has 0 aliphatic carbocycles. The Hall–Kier alpha value is -0.370. The molecular formula is C7H13O2. The Balaban J connectivity index is 4.06. The minimum Gasteiger partial charge on any atom is -0.385 e. The molecule has 1 unspecified atom stereocenters. The summed E-state index contributed by atoms with van der Waals surface area (Å²) in [5.41, 5.74) is -0.471. The Morgan fingerprint density at radius 3 is 1.89 bits per heavy atom. The van der Waals surface area contributed by atoms with Crippen molar-refractivity contribution in [2.24, 2.45) is 5.41 Å². The maximum Gasteiger partial charge on any atom is 0.166 e. The van der Waals surface area contributed by atoms with Crippen LogP contribution in [0.3, 0.4) is 0 Å². The molecular weight excluding hydrogens is 116 g/mol. The average molecular weight is 129 g/mol. The number of hydrogen-bond donors (Lipinski definition) is 1. The van der Waals surface area contributed by atoms with Gasteiger partial charge in [0.05, 0.1) is 0 Å². The van der Waals surface area contributed by atoms with Gasteiger partial charge in [-0.15, -0.1) is 0 Å². The molecule has 1 radical (unpaired) electrons. The van der Waals surface area contributed by atoms with Crippen LogP contribution in [-0.2, 0) is 4.79 Å². The summed E-state index contributed by atoms with van der Waals surface area (Å²) < 4.78 is 0. The molecule has 0 aromatic carbocycles. The molecule has 1 N–H and O–H groups in total. The van der Waals surface area contributed by atoms with Gasteiger partial charge in [0.1, 0.15) is 6.10 Å². The molecule has 0 aliphatic heterocycles. The second kappa shape index (κ2) is 2.48. The van der Waals surface area contributed by atoms with E-state index in [0.29, 0.717) is 0 Å². The maximum absolute atomic E-state index is 10.9. The van der Waals surface area contributed by atoms with Crippen molar-refractivity contribution < 1.29 is 9.90 Å². The first kappa shape index (κ1) is 8.63. The molecule has 0 fully saturated rings. The first-order valence-corrected chi connectivity index (χ1v) is 2.91. The van der Waals surface area contributed by atoms with Crippen LogP contribution in [0.5, 0.6) is 0 Å². The van der Waals surface area contributed by atoms with Crippen LogP contribution in [0.15, 0.2) is 0 Å². The number of aliphatic hydroxyl groups is 1. The summed E-state index contributed by atoms with van der Waals surface area (Å²) in [6.07, 6.45) is -1.08. The molecule has 9 heavy (non-hydrogen) atoms. The smallest absolute Gasteiger partial charge is 0.166 e. The van der Waals surface area contributed by atoms with Crippen molar-refractivity contribution in [1.29, 1.82) is 0 Å².